The van der Waals surface area contributed by atoms with Crippen molar-refractivity contribution in [1.82, 2.24) is 9.47 Å². The second kappa shape index (κ2) is 9.30. The summed E-state index contributed by atoms with van der Waals surface area (Å²) in [5.41, 5.74) is 2.44. The summed E-state index contributed by atoms with van der Waals surface area (Å²) in [5, 5.41) is 16.5. The Balaban J connectivity index is 1.36. The Morgan fingerprint density at radius 3 is 2.72 bits per heavy atom. The number of fused-ring (bicyclic) bond motifs is 2. The molecular formula is C25H25BrN7O3+. The number of hydrogen-bond donors (Lipinski definition) is 3. The number of nitrogens with two attached hydrogens (primary N) is 2. The van der Waals surface area contributed by atoms with Gasteiger partial charge in [0.15, 0.2) is 5.78 Å². The van der Waals surface area contributed by atoms with E-state index in [0.717, 1.165) is 17.3 Å². The van der Waals surface area contributed by atoms with Gasteiger partial charge in [0, 0.05) is 44.1 Å². The Kier molecular flexibility index (Phi) is 6.17. The van der Waals surface area contributed by atoms with Crippen molar-refractivity contribution in [2.45, 2.75) is 38.4 Å². The number of para-hydroxylation sites is 1. The summed E-state index contributed by atoms with van der Waals surface area (Å²) < 4.78 is 2.48. The number of Topliss-reactive ketones (excluding diaryl/α,β-unsaturated/α-hetero) is 1. The lowest BCUT2D eigenvalue weighted by Gasteiger charge is -2.27. The molecule has 36 heavy (non-hydrogen) atoms. The van der Waals surface area contributed by atoms with Crippen LogP contribution >= 0.6 is 15.9 Å². The average molecular weight is 551 g/mol. The zero-order chi connectivity index (χ0) is 25.6. The highest BCUT2D eigenvalue weighted by Crippen LogP contribution is 2.48. The number of amides is 2. The number of amidine groups is 1. The SMILES string of the molecule is CC(=O)c1cn(CC(=O)N2[C@@H]3C[C@@H]3C[C@H]2C(=O)Nc2cc(Br)cc(C(=[NH2+])N=NN)c2)c2ccccc12. The first-order valence-corrected chi connectivity index (χ1v) is 12.3. The number of nitrogens with zero attached hydrogens (tertiary/aromatic N) is 4. The highest BCUT2D eigenvalue weighted by Gasteiger charge is 2.56. The number of halogens is 1. The number of piperidine rings is 1. The van der Waals surface area contributed by atoms with Crippen LogP contribution in [0.3, 0.4) is 0 Å². The number of carbonyl (C=O) groups excluding carboxylic acids is 3. The number of aromatic nitrogens is 1. The highest BCUT2D eigenvalue weighted by molar-refractivity contribution is 9.10. The highest BCUT2D eigenvalue weighted by atomic mass is 79.9. The number of carbonyl (C=O) groups is 3. The van der Waals surface area contributed by atoms with Crippen molar-refractivity contribution in [2.24, 2.45) is 22.1 Å². The molecule has 5 N–H and O–H groups in total. The van der Waals surface area contributed by atoms with Gasteiger partial charge in [0.1, 0.15) is 12.6 Å². The molecule has 2 heterocycles. The van der Waals surface area contributed by atoms with E-state index in [1.54, 1.807) is 33.9 Å². The minimum atomic E-state index is -0.581. The molecule has 1 saturated carbocycles. The third kappa shape index (κ3) is 4.41. The molecule has 1 saturated heterocycles. The molecule has 2 fully saturated rings. The molecule has 0 unspecified atom stereocenters. The molecule has 2 amide bonds. The van der Waals surface area contributed by atoms with Crippen LogP contribution < -0.4 is 16.6 Å². The van der Waals surface area contributed by atoms with E-state index >= 15 is 0 Å². The summed E-state index contributed by atoms with van der Waals surface area (Å²) in [5.74, 6) is 5.05. The molecule has 1 aliphatic heterocycles. The van der Waals surface area contributed by atoms with Crippen molar-refractivity contribution in [3.05, 3.63) is 64.3 Å². The van der Waals surface area contributed by atoms with Crippen LogP contribution in [0, 0.1) is 5.92 Å². The van der Waals surface area contributed by atoms with Crippen molar-refractivity contribution in [3.63, 3.8) is 0 Å². The molecule has 184 valence electrons. The van der Waals surface area contributed by atoms with E-state index in [2.05, 4.69) is 31.6 Å². The minimum absolute atomic E-state index is 0.0530. The molecule has 3 atom stereocenters. The van der Waals surface area contributed by atoms with Crippen LogP contribution in [0.2, 0.25) is 0 Å². The summed E-state index contributed by atoms with van der Waals surface area (Å²) in [6.07, 6.45) is 3.24. The van der Waals surface area contributed by atoms with E-state index in [4.69, 9.17) is 11.3 Å². The number of rotatable bonds is 6. The van der Waals surface area contributed by atoms with Crippen molar-refractivity contribution in [3.8, 4) is 0 Å². The minimum Gasteiger partial charge on any atom is -0.337 e. The second-order valence-electron chi connectivity index (χ2n) is 9.18. The molecule has 0 radical (unpaired) electrons. The van der Waals surface area contributed by atoms with Gasteiger partial charge >= 0.3 is 5.84 Å². The van der Waals surface area contributed by atoms with Gasteiger partial charge in [-0.25, -0.2) is 0 Å². The molecule has 10 nitrogen and oxygen atoms in total. The number of benzene rings is 2. The molecule has 2 aromatic carbocycles. The molecule has 0 spiro atoms. The van der Waals surface area contributed by atoms with E-state index in [9.17, 15) is 14.4 Å². The van der Waals surface area contributed by atoms with Crippen LogP contribution in [0.5, 0.6) is 0 Å². The van der Waals surface area contributed by atoms with Crippen LogP contribution in [0.1, 0.15) is 35.7 Å². The third-order valence-electron chi connectivity index (χ3n) is 6.80. The van der Waals surface area contributed by atoms with E-state index < -0.39 is 6.04 Å². The van der Waals surface area contributed by atoms with Gasteiger partial charge in [-0.05, 0) is 49.9 Å². The molecular weight excluding hydrogens is 526 g/mol. The number of hydrogen-bond acceptors (Lipinski definition) is 4. The maximum absolute atomic E-state index is 13.5. The normalized spacial score (nSPS) is 20.5. The molecule has 5 rings (SSSR count). The fourth-order valence-corrected chi connectivity index (χ4v) is 5.58. The largest absolute Gasteiger partial charge is 0.350 e. The fraction of sp³-hybridized carbons (Fsp3) is 0.280. The number of nitrogens with one attached hydrogen (secondary N) is 1. The summed E-state index contributed by atoms with van der Waals surface area (Å²) in [6, 6.07) is 12.1. The first-order chi connectivity index (χ1) is 17.3. The Labute approximate surface area is 215 Å². The zero-order valence-corrected chi connectivity index (χ0v) is 21.1. The van der Waals surface area contributed by atoms with Crippen molar-refractivity contribution in [2.75, 3.05) is 5.32 Å². The molecule has 3 aromatic rings. The second-order valence-corrected chi connectivity index (χ2v) is 10.1. The molecule has 11 heteroatoms. The maximum atomic E-state index is 13.5. The summed E-state index contributed by atoms with van der Waals surface area (Å²) in [7, 11) is 0. The van der Waals surface area contributed by atoms with Gasteiger partial charge < -0.3 is 14.8 Å². The van der Waals surface area contributed by atoms with Crippen LogP contribution in [0.4, 0.5) is 5.69 Å². The van der Waals surface area contributed by atoms with Crippen molar-refractivity contribution in [1.29, 1.82) is 0 Å². The Hall–Kier alpha value is -3.86. The Morgan fingerprint density at radius 2 is 1.97 bits per heavy atom. The zero-order valence-electron chi connectivity index (χ0n) is 19.5. The quantitative estimate of drug-likeness (QED) is 0.107. The summed E-state index contributed by atoms with van der Waals surface area (Å²) >= 11 is 3.41. The first kappa shape index (κ1) is 23.9. The van der Waals surface area contributed by atoms with E-state index in [1.165, 1.54) is 6.92 Å². The molecule has 2 aliphatic rings. The molecule has 1 aliphatic carbocycles. The summed E-state index contributed by atoms with van der Waals surface area (Å²) in [6.45, 7) is 1.57. The summed E-state index contributed by atoms with van der Waals surface area (Å²) in [4.78, 5) is 40.6. The number of likely N-dealkylation sites (tertiary alicyclic amines) is 1. The monoisotopic (exact) mass is 550 g/mol. The van der Waals surface area contributed by atoms with Gasteiger partial charge in [-0.1, -0.05) is 34.1 Å². The van der Waals surface area contributed by atoms with Crippen LogP contribution in [0.25, 0.3) is 10.9 Å². The predicted octanol–water partition coefficient (Wildman–Crippen LogP) is 2.07. The Morgan fingerprint density at radius 1 is 1.19 bits per heavy atom. The van der Waals surface area contributed by atoms with Gasteiger partial charge in [0.25, 0.3) is 0 Å². The molecule has 1 aromatic heterocycles. The lowest BCUT2D eigenvalue weighted by Crippen LogP contribution is -2.46. The molecule has 0 bridgehead atoms. The van der Waals surface area contributed by atoms with Crippen LogP contribution in [-0.4, -0.2) is 45.0 Å². The van der Waals surface area contributed by atoms with Gasteiger partial charge in [-0.15, -0.1) is 0 Å². The predicted molar refractivity (Wildman–Crippen MR) is 137 cm³/mol. The van der Waals surface area contributed by atoms with Gasteiger partial charge in [0.2, 0.25) is 11.8 Å². The van der Waals surface area contributed by atoms with Crippen LogP contribution in [0.15, 0.2) is 63.5 Å². The lowest BCUT2D eigenvalue weighted by molar-refractivity contribution is -0.138. The Bertz CT molecular complexity index is 1450. The number of ketones is 1. The van der Waals surface area contributed by atoms with E-state index in [0.29, 0.717) is 33.6 Å². The van der Waals surface area contributed by atoms with Crippen LogP contribution in [-0.2, 0) is 16.1 Å². The third-order valence-corrected chi connectivity index (χ3v) is 7.25. The van der Waals surface area contributed by atoms with Gasteiger partial charge in [-0.3, -0.25) is 25.6 Å². The van der Waals surface area contributed by atoms with E-state index in [1.807, 2.05) is 24.3 Å². The van der Waals surface area contributed by atoms with Gasteiger partial charge in [-0.2, -0.15) is 0 Å². The topological polar surface area (TPSA) is 148 Å². The van der Waals surface area contributed by atoms with Crippen molar-refractivity contribution < 1.29 is 19.8 Å². The number of anilines is 1. The lowest BCUT2D eigenvalue weighted by atomic mass is 10.1. The van der Waals surface area contributed by atoms with Gasteiger partial charge in [0.05, 0.1) is 10.7 Å². The van der Waals surface area contributed by atoms with E-state index in [-0.39, 0.29) is 36.0 Å². The smallest absolute Gasteiger partial charge is 0.337 e. The average Bonchev–Trinajstić information content (AvgIpc) is 3.34. The maximum Gasteiger partial charge on any atom is 0.350 e. The fourth-order valence-electron chi connectivity index (χ4n) is 5.09. The standard InChI is InChI=1S/C25H24BrN7O3/c1-13(34)19-11-32(20-5-3-2-4-18(19)20)12-23(35)33-21-8-14(21)9-22(33)25(36)29-17-7-15(6-16(26)10-17)24(27)30-31-28/h2-7,10-11,14,21-22H,8-9,12H2,1H3,(H,29,36)(H3,27,28,30)/p+1/t14-,21-,22+/m1/s1. The first-order valence-electron chi connectivity index (χ1n) is 11.5. The van der Waals surface area contributed by atoms with Crippen molar-refractivity contribution >= 4 is 56.0 Å².